The summed E-state index contributed by atoms with van der Waals surface area (Å²) in [5, 5.41) is 1.32. The molecule has 1 radical (unpaired) electrons. The Morgan fingerprint density at radius 2 is 1.91 bits per heavy atom. The highest BCUT2D eigenvalue weighted by atomic mass is 127. The Bertz CT molecular complexity index is 464. The van der Waals surface area contributed by atoms with Gasteiger partial charge in [-0.1, -0.05) is 72.8 Å². The molecule has 3 aliphatic heterocycles. The average Bonchev–Trinajstić information content (AvgIpc) is 2.72. The van der Waals surface area contributed by atoms with Crippen molar-refractivity contribution >= 4 is 46.9 Å². The highest BCUT2D eigenvalue weighted by Gasteiger charge is 2.55. The average molecular weight is 446 g/mol. The van der Waals surface area contributed by atoms with Crippen molar-refractivity contribution in [1.82, 2.24) is 4.90 Å². The van der Waals surface area contributed by atoms with Gasteiger partial charge in [-0.15, -0.1) is 0 Å². The summed E-state index contributed by atoms with van der Waals surface area (Å²) >= 11 is 4.32. The smallest absolute Gasteiger partial charge is 0.282 e. The van der Waals surface area contributed by atoms with Gasteiger partial charge in [0, 0.05) is 17.3 Å². The second-order valence-electron chi connectivity index (χ2n) is 8.52. The van der Waals surface area contributed by atoms with Gasteiger partial charge in [0.05, 0.1) is 0 Å². The minimum atomic E-state index is 0.323. The fourth-order valence-electron chi connectivity index (χ4n) is 4.96. The molecule has 5 heteroatoms. The molecule has 1 aliphatic carbocycles. The van der Waals surface area contributed by atoms with Crippen LogP contribution >= 0.6 is 34.4 Å². The number of rotatable bonds is 2. The van der Waals surface area contributed by atoms with E-state index in [1.54, 1.807) is 11.8 Å². The Kier molecular flexibility index (Phi) is 5.39. The topological polar surface area (TPSA) is 20.3 Å². The monoisotopic (exact) mass is 446 g/mol. The Morgan fingerprint density at radius 3 is 2.52 bits per heavy atom. The number of nitrogens with zero attached hydrogens (tertiary/aromatic N) is 1. The molecule has 23 heavy (non-hydrogen) atoms. The van der Waals surface area contributed by atoms with E-state index in [9.17, 15) is 4.79 Å². The number of carbonyl (C=O) groups is 1. The number of hydrogen-bond acceptors (Lipinski definition) is 2. The van der Waals surface area contributed by atoms with E-state index in [0.717, 1.165) is 5.92 Å². The molecule has 1 saturated carbocycles. The molecule has 4 rings (SSSR count). The fraction of sp³-hybridized carbons (Fsp3) is 0.944. The molecule has 3 heterocycles. The van der Waals surface area contributed by atoms with Crippen molar-refractivity contribution < 1.29 is 4.79 Å². The Balaban J connectivity index is 1.75. The molecule has 0 aromatic carbocycles. The van der Waals surface area contributed by atoms with Crippen LogP contribution in [0.4, 0.5) is 4.79 Å². The van der Waals surface area contributed by atoms with E-state index < -0.39 is 0 Å². The van der Waals surface area contributed by atoms with Crippen LogP contribution in [0.15, 0.2) is 0 Å². The van der Waals surface area contributed by atoms with Gasteiger partial charge >= 0.3 is 0 Å². The molecule has 4 atom stereocenters. The predicted molar refractivity (Wildman–Crippen MR) is 110 cm³/mol. The Hall–Kier alpha value is 0.615. The molecule has 0 aromatic heterocycles. The molecule has 0 N–H and O–H groups in total. The van der Waals surface area contributed by atoms with Crippen molar-refractivity contribution in [2.75, 3.05) is 0 Å². The first-order valence-corrected chi connectivity index (χ1v) is 11.3. The van der Waals surface area contributed by atoms with Crippen LogP contribution in [0.5, 0.6) is 0 Å². The molecule has 4 fully saturated rings. The molecule has 4 aliphatic rings. The number of alkyl halides is 1. The largest absolute Gasteiger partial charge is 0.327 e. The predicted octanol–water partition coefficient (Wildman–Crippen LogP) is 5.71. The number of hydrogen-bond donors (Lipinski definition) is 0. The zero-order valence-electron chi connectivity index (χ0n) is 15.0. The molecule has 0 spiro atoms. The van der Waals surface area contributed by atoms with Crippen molar-refractivity contribution in [1.29, 1.82) is 0 Å². The molecular formula is C18H30BINOS. The number of amides is 1. The first kappa shape index (κ1) is 18.4. The molecule has 1 amide bonds. The van der Waals surface area contributed by atoms with Crippen molar-refractivity contribution in [2.24, 2.45) is 5.92 Å². The molecule has 2 nitrogen and oxygen atoms in total. The Morgan fingerprint density at radius 1 is 1.22 bits per heavy atom. The lowest BCUT2D eigenvalue weighted by Gasteiger charge is -2.56. The lowest BCUT2D eigenvalue weighted by atomic mass is 9.27. The van der Waals surface area contributed by atoms with Gasteiger partial charge in [0.1, 0.15) is 7.28 Å². The third-order valence-corrected chi connectivity index (χ3v) is 8.86. The summed E-state index contributed by atoms with van der Waals surface area (Å²) in [4.78, 5) is 14.6. The lowest BCUT2D eigenvalue weighted by Crippen LogP contribution is -2.54. The van der Waals surface area contributed by atoms with Crippen LogP contribution in [-0.4, -0.2) is 38.1 Å². The van der Waals surface area contributed by atoms with Gasteiger partial charge in [0.15, 0.2) is 0 Å². The van der Waals surface area contributed by atoms with Crippen LogP contribution in [0.1, 0.15) is 72.6 Å². The standard InChI is InChI=1S/C18H30BINOS/c1-12(2)17-9-6-5-7-14-15(8-10-18(20,11-17)19-17)23-16(22)21(14)13(3)4/h12-15H,5-11H2,1-4H3. The van der Waals surface area contributed by atoms with Gasteiger partial charge in [-0.05, 0) is 48.8 Å². The number of thioether (sulfide) groups is 1. The summed E-state index contributed by atoms with van der Waals surface area (Å²) in [5.41, 5.74) is 0. The van der Waals surface area contributed by atoms with Crippen molar-refractivity contribution in [2.45, 2.75) is 98.6 Å². The van der Waals surface area contributed by atoms with Crippen LogP contribution in [0, 0.1) is 5.92 Å². The van der Waals surface area contributed by atoms with Gasteiger partial charge in [0.25, 0.3) is 5.24 Å². The zero-order chi connectivity index (χ0) is 16.8. The van der Waals surface area contributed by atoms with Crippen LogP contribution in [-0.2, 0) is 0 Å². The number of fused-ring (bicyclic) bond motifs is 4. The van der Waals surface area contributed by atoms with Crippen LogP contribution in [0.2, 0.25) is 5.31 Å². The molecule has 0 aromatic rings. The molecule has 129 valence electrons. The first-order valence-electron chi connectivity index (χ1n) is 9.31. The van der Waals surface area contributed by atoms with E-state index in [4.69, 9.17) is 0 Å². The highest BCUT2D eigenvalue weighted by Crippen LogP contribution is 2.62. The van der Waals surface area contributed by atoms with Crippen LogP contribution in [0.25, 0.3) is 0 Å². The van der Waals surface area contributed by atoms with Crippen molar-refractivity contribution in [3.8, 4) is 0 Å². The minimum absolute atomic E-state index is 0.323. The third kappa shape index (κ3) is 3.47. The minimum Gasteiger partial charge on any atom is -0.327 e. The quantitative estimate of drug-likeness (QED) is 0.308. The highest BCUT2D eigenvalue weighted by molar-refractivity contribution is 14.1. The van der Waals surface area contributed by atoms with E-state index in [2.05, 4.69) is 62.5 Å². The van der Waals surface area contributed by atoms with Gasteiger partial charge in [-0.3, -0.25) is 4.79 Å². The zero-order valence-corrected chi connectivity index (χ0v) is 18.0. The summed E-state index contributed by atoms with van der Waals surface area (Å²) in [6.45, 7) is 9.14. The normalized spacial score (nSPS) is 41.3. The third-order valence-electron chi connectivity index (χ3n) is 6.36. The van der Waals surface area contributed by atoms with Crippen molar-refractivity contribution in [3.63, 3.8) is 0 Å². The first-order chi connectivity index (χ1) is 10.8. The number of carbonyl (C=O) groups excluding carboxylic acids is 1. The van der Waals surface area contributed by atoms with Gasteiger partial charge in [-0.25, -0.2) is 0 Å². The SMILES string of the molecule is CC(C)N1C(=O)SC2CCC3(I)[B]C(C(C)C)(CCCCC21)C3. The van der Waals surface area contributed by atoms with E-state index >= 15 is 0 Å². The summed E-state index contributed by atoms with van der Waals surface area (Å²) in [5.74, 6) is 0.758. The van der Waals surface area contributed by atoms with Crippen molar-refractivity contribution in [3.05, 3.63) is 0 Å². The second kappa shape index (κ2) is 6.73. The van der Waals surface area contributed by atoms with E-state index in [1.807, 2.05) is 0 Å². The molecular weight excluding hydrogens is 416 g/mol. The Labute approximate surface area is 160 Å². The van der Waals surface area contributed by atoms with E-state index in [-0.39, 0.29) is 0 Å². The molecule has 4 unspecified atom stereocenters. The second-order valence-corrected chi connectivity index (χ2v) is 11.9. The summed E-state index contributed by atoms with van der Waals surface area (Å²) in [7, 11) is 2.69. The van der Waals surface area contributed by atoms with Gasteiger partial charge in [-0.2, -0.15) is 0 Å². The number of halogens is 1. The van der Waals surface area contributed by atoms with Gasteiger partial charge < -0.3 is 4.90 Å². The maximum absolute atomic E-state index is 12.4. The van der Waals surface area contributed by atoms with Crippen LogP contribution < -0.4 is 0 Å². The summed E-state index contributed by atoms with van der Waals surface area (Å²) < 4.78 is 0.381. The molecule has 3 saturated heterocycles. The van der Waals surface area contributed by atoms with E-state index in [1.165, 1.54) is 44.9 Å². The lowest BCUT2D eigenvalue weighted by molar-refractivity contribution is 0.177. The summed E-state index contributed by atoms with van der Waals surface area (Å²) in [6.07, 6.45) is 8.92. The molecule has 2 bridgehead atoms. The summed E-state index contributed by atoms with van der Waals surface area (Å²) in [6, 6.07) is 0.809. The maximum atomic E-state index is 12.4. The van der Waals surface area contributed by atoms with Gasteiger partial charge in [0.2, 0.25) is 0 Å². The van der Waals surface area contributed by atoms with Crippen LogP contribution in [0.3, 0.4) is 0 Å². The van der Waals surface area contributed by atoms with E-state index in [0.29, 0.717) is 31.2 Å². The fourth-order valence-corrected chi connectivity index (χ4v) is 7.99. The maximum Gasteiger partial charge on any atom is 0.282 e.